The molecule has 0 spiro atoms. The zero-order valence-electron chi connectivity index (χ0n) is 7.61. The lowest BCUT2D eigenvalue weighted by atomic mass is 10.0. The molecule has 76 valence electrons. The van der Waals surface area contributed by atoms with Crippen LogP contribution >= 0.6 is 15.9 Å². The molecule has 0 aliphatic carbocycles. The van der Waals surface area contributed by atoms with Crippen LogP contribution in [0.1, 0.15) is 18.4 Å². The summed E-state index contributed by atoms with van der Waals surface area (Å²) in [5.41, 5.74) is 0.584. The third kappa shape index (κ3) is 2.10. The predicted octanol–water partition coefficient (Wildman–Crippen LogP) is 2.45. The number of nitro groups is 1. The number of halogens is 1. The van der Waals surface area contributed by atoms with Crippen LogP contribution in [0.4, 0.5) is 5.69 Å². The number of hydrogen-bond donors (Lipinski definition) is 1. The predicted molar refractivity (Wildman–Crippen MR) is 56.3 cm³/mol. The van der Waals surface area contributed by atoms with Gasteiger partial charge in [-0.05, 0) is 22.0 Å². The summed E-state index contributed by atoms with van der Waals surface area (Å²) >= 11 is 3.12. The normalized spacial score (nSPS) is 12.5. The molecular formula is C9H10BrNO3. The van der Waals surface area contributed by atoms with Gasteiger partial charge in [0, 0.05) is 18.1 Å². The van der Waals surface area contributed by atoms with Crippen LogP contribution in [0, 0.1) is 10.1 Å². The zero-order valence-corrected chi connectivity index (χ0v) is 9.19. The lowest BCUT2D eigenvalue weighted by molar-refractivity contribution is -0.386. The average molecular weight is 260 g/mol. The van der Waals surface area contributed by atoms with Crippen molar-refractivity contribution in [2.45, 2.75) is 12.8 Å². The Morgan fingerprint density at radius 2 is 2.29 bits per heavy atom. The fourth-order valence-corrected chi connectivity index (χ4v) is 1.75. The van der Waals surface area contributed by atoms with E-state index in [2.05, 4.69) is 15.9 Å². The smallest absolute Gasteiger partial charge is 0.287 e. The highest BCUT2D eigenvalue weighted by molar-refractivity contribution is 9.10. The van der Waals surface area contributed by atoms with E-state index < -0.39 is 4.92 Å². The number of benzene rings is 1. The van der Waals surface area contributed by atoms with E-state index in [1.165, 1.54) is 0 Å². The molecule has 5 heteroatoms. The molecule has 0 amide bonds. The lowest BCUT2D eigenvalue weighted by Crippen LogP contribution is -2.03. The van der Waals surface area contributed by atoms with E-state index in [0.717, 1.165) is 0 Å². The summed E-state index contributed by atoms with van der Waals surface area (Å²) in [6, 6.07) is 4.99. The first-order valence-electron chi connectivity index (χ1n) is 4.11. The topological polar surface area (TPSA) is 63.4 Å². The third-order valence-electron chi connectivity index (χ3n) is 2.01. The Balaban J connectivity index is 3.28. The van der Waals surface area contributed by atoms with Crippen molar-refractivity contribution in [1.82, 2.24) is 0 Å². The molecule has 1 aromatic carbocycles. The van der Waals surface area contributed by atoms with E-state index in [4.69, 9.17) is 5.11 Å². The second-order valence-corrected chi connectivity index (χ2v) is 3.87. The summed E-state index contributed by atoms with van der Waals surface area (Å²) in [6.45, 7) is 1.64. The van der Waals surface area contributed by atoms with E-state index in [1.807, 2.05) is 0 Å². The molecule has 4 nitrogen and oxygen atoms in total. The van der Waals surface area contributed by atoms with Crippen molar-refractivity contribution in [2.24, 2.45) is 0 Å². The van der Waals surface area contributed by atoms with Gasteiger partial charge in [-0.3, -0.25) is 10.1 Å². The van der Waals surface area contributed by atoms with Gasteiger partial charge in [-0.1, -0.05) is 19.1 Å². The number of nitro benzene ring substituents is 1. The van der Waals surface area contributed by atoms with Crippen molar-refractivity contribution in [3.63, 3.8) is 0 Å². The molecule has 0 saturated heterocycles. The maximum Gasteiger partial charge on any atom is 0.287 e. The number of aliphatic hydroxyl groups excluding tert-OH is 1. The first-order valence-corrected chi connectivity index (χ1v) is 4.91. The number of hydrogen-bond acceptors (Lipinski definition) is 3. The Labute approximate surface area is 89.8 Å². The average Bonchev–Trinajstić information content (AvgIpc) is 2.15. The van der Waals surface area contributed by atoms with Crippen molar-refractivity contribution in [1.29, 1.82) is 0 Å². The zero-order chi connectivity index (χ0) is 10.7. The highest BCUT2D eigenvalue weighted by atomic mass is 79.9. The maximum atomic E-state index is 10.8. The lowest BCUT2D eigenvalue weighted by Gasteiger charge is -2.09. The first kappa shape index (κ1) is 11.1. The largest absolute Gasteiger partial charge is 0.396 e. The number of para-hydroxylation sites is 1. The molecule has 14 heavy (non-hydrogen) atoms. The van der Waals surface area contributed by atoms with Gasteiger partial charge < -0.3 is 5.11 Å². The van der Waals surface area contributed by atoms with Crippen molar-refractivity contribution >= 4 is 21.6 Å². The summed E-state index contributed by atoms with van der Waals surface area (Å²) < 4.78 is 0.445. The highest BCUT2D eigenvalue weighted by Crippen LogP contribution is 2.32. The molecule has 1 atom stereocenters. The molecule has 1 aromatic rings. The van der Waals surface area contributed by atoms with Crippen LogP contribution in [0.2, 0.25) is 0 Å². The van der Waals surface area contributed by atoms with Crippen LogP contribution in [-0.4, -0.2) is 16.6 Å². The van der Waals surface area contributed by atoms with Crippen LogP contribution in [0.15, 0.2) is 22.7 Å². The molecule has 0 aliphatic heterocycles. The summed E-state index contributed by atoms with van der Waals surface area (Å²) in [5.74, 6) is -0.229. The van der Waals surface area contributed by atoms with Gasteiger partial charge in [-0.25, -0.2) is 0 Å². The van der Waals surface area contributed by atoms with Crippen molar-refractivity contribution in [3.8, 4) is 0 Å². The molecule has 0 saturated carbocycles. The van der Waals surface area contributed by atoms with Gasteiger partial charge in [0.15, 0.2) is 0 Å². The van der Waals surface area contributed by atoms with Crippen LogP contribution in [-0.2, 0) is 0 Å². The van der Waals surface area contributed by atoms with Gasteiger partial charge in [-0.2, -0.15) is 0 Å². The monoisotopic (exact) mass is 259 g/mol. The van der Waals surface area contributed by atoms with Crippen molar-refractivity contribution in [3.05, 3.63) is 38.3 Å². The Kier molecular flexibility index (Phi) is 3.60. The van der Waals surface area contributed by atoms with E-state index >= 15 is 0 Å². The Morgan fingerprint density at radius 3 is 2.79 bits per heavy atom. The number of nitrogens with zero attached hydrogens (tertiary/aromatic N) is 1. The summed E-state index contributed by atoms with van der Waals surface area (Å²) in [7, 11) is 0. The highest BCUT2D eigenvalue weighted by Gasteiger charge is 2.21. The van der Waals surface area contributed by atoms with Crippen molar-refractivity contribution < 1.29 is 10.0 Å². The fourth-order valence-electron chi connectivity index (χ4n) is 1.22. The van der Waals surface area contributed by atoms with E-state index in [0.29, 0.717) is 10.0 Å². The van der Waals surface area contributed by atoms with Crippen molar-refractivity contribution in [2.75, 3.05) is 6.61 Å². The van der Waals surface area contributed by atoms with Crippen LogP contribution in [0.25, 0.3) is 0 Å². The van der Waals surface area contributed by atoms with Gasteiger partial charge in [0.25, 0.3) is 5.69 Å². The van der Waals surface area contributed by atoms with Gasteiger partial charge in [0.1, 0.15) is 0 Å². The van der Waals surface area contributed by atoms with Crippen LogP contribution < -0.4 is 0 Å². The first-order chi connectivity index (χ1) is 6.57. The van der Waals surface area contributed by atoms with E-state index in [9.17, 15) is 10.1 Å². The molecule has 1 unspecified atom stereocenters. The second kappa shape index (κ2) is 4.52. The number of aliphatic hydroxyl groups is 1. The maximum absolute atomic E-state index is 10.8. The molecule has 0 aliphatic rings. The van der Waals surface area contributed by atoms with Gasteiger partial charge in [0.05, 0.1) is 9.40 Å². The van der Waals surface area contributed by atoms with E-state index in [1.54, 1.807) is 25.1 Å². The molecule has 1 rings (SSSR count). The minimum atomic E-state index is -0.439. The molecule has 0 radical (unpaired) electrons. The summed E-state index contributed by atoms with van der Waals surface area (Å²) in [6.07, 6.45) is 0. The number of rotatable bonds is 3. The minimum absolute atomic E-state index is 0.0362. The second-order valence-electron chi connectivity index (χ2n) is 3.02. The summed E-state index contributed by atoms with van der Waals surface area (Å²) in [5, 5.41) is 19.7. The van der Waals surface area contributed by atoms with Gasteiger partial charge in [0.2, 0.25) is 0 Å². The molecule has 0 fully saturated rings. The third-order valence-corrected chi connectivity index (χ3v) is 2.65. The summed E-state index contributed by atoms with van der Waals surface area (Å²) in [4.78, 5) is 10.3. The molecule has 0 heterocycles. The van der Waals surface area contributed by atoms with Gasteiger partial charge >= 0.3 is 0 Å². The minimum Gasteiger partial charge on any atom is -0.396 e. The quantitative estimate of drug-likeness (QED) is 0.670. The Hall–Kier alpha value is -0.940. The molecule has 0 bridgehead atoms. The van der Waals surface area contributed by atoms with Gasteiger partial charge in [-0.15, -0.1) is 0 Å². The SMILES string of the molecule is CC(CO)c1cccc(Br)c1[N+](=O)[O-]. The molecular weight excluding hydrogens is 250 g/mol. The fraction of sp³-hybridized carbons (Fsp3) is 0.333. The molecule has 1 N–H and O–H groups in total. The Morgan fingerprint density at radius 1 is 1.64 bits per heavy atom. The van der Waals surface area contributed by atoms with Crippen LogP contribution in [0.5, 0.6) is 0 Å². The molecule has 0 aromatic heterocycles. The van der Waals surface area contributed by atoms with E-state index in [-0.39, 0.29) is 18.2 Å². The standard InChI is InChI=1S/C9H10BrNO3/c1-6(5-12)7-3-2-4-8(10)9(7)11(13)14/h2-4,6,12H,5H2,1H3. The van der Waals surface area contributed by atoms with Crippen LogP contribution in [0.3, 0.4) is 0 Å². The Bertz CT molecular complexity index is 354.